The zero-order valence-electron chi connectivity index (χ0n) is 9.19. The molecule has 0 unspecified atom stereocenters. The summed E-state index contributed by atoms with van der Waals surface area (Å²) < 4.78 is 25.9. The van der Waals surface area contributed by atoms with Crippen LogP contribution in [0.3, 0.4) is 0 Å². The highest BCUT2D eigenvalue weighted by Gasteiger charge is 2.47. The number of primary amides is 1. The van der Waals surface area contributed by atoms with Crippen molar-refractivity contribution in [3.63, 3.8) is 0 Å². The Morgan fingerprint density at radius 3 is 2.12 bits per heavy atom. The molecule has 1 saturated carbocycles. The van der Waals surface area contributed by atoms with Crippen molar-refractivity contribution in [3.8, 4) is 0 Å². The van der Waals surface area contributed by atoms with Crippen LogP contribution in [0.5, 0.6) is 0 Å². The van der Waals surface area contributed by atoms with Gasteiger partial charge in [-0.2, -0.15) is 0 Å². The Hall–Kier alpha value is -1.20. The smallest absolute Gasteiger partial charge is 0.248 e. The molecule has 2 amide bonds. The van der Waals surface area contributed by atoms with Gasteiger partial charge in [0, 0.05) is 19.3 Å². The first-order chi connectivity index (χ1) is 7.31. The van der Waals surface area contributed by atoms with Gasteiger partial charge in [0.1, 0.15) is 5.54 Å². The Morgan fingerprint density at radius 2 is 1.75 bits per heavy atom. The van der Waals surface area contributed by atoms with Crippen molar-refractivity contribution in [1.29, 1.82) is 0 Å². The maximum Gasteiger partial charge on any atom is 0.248 e. The van der Waals surface area contributed by atoms with E-state index in [1.165, 1.54) is 0 Å². The van der Waals surface area contributed by atoms with Crippen LogP contribution in [0.4, 0.5) is 8.78 Å². The molecule has 0 bridgehead atoms. The summed E-state index contributed by atoms with van der Waals surface area (Å²) in [6, 6.07) is 0. The molecule has 0 saturated heterocycles. The molecule has 92 valence electrons. The monoisotopic (exact) mass is 234 g/mol. The van der Waals surface area contributed by atoms with E-state index in [2.05, 4.69) is 5.32 Å². The van der Waals surface area contributed by atoms with Gasteiger partial charge in [-0.25, -0.2) is 8.78 Å². The molecule has 1 rings (SSSR count). The van der Waals surface area contributed by atoms with Gasteiger partial charge in [0.2, 0.25) is 17.7 Å². The highest BCUT2D eigenvalue weighted by molar-refractivity contribution is 5.90. The van der Waals surface area contributed by atoms with E-state index >= 15 is 0 Å². The second kappa shape index (κ2) is 4.35. The lowest BCUT2D eigenvalue weighted by molar-refractivity contribution is -0.137. The largest absolute Gasteiger partial charge is 0.368 e. The Bertz CT molecular complexity index is 295. The number of hydrogen-bond acceptors (Lipinski definition) is 2. The van der Waals surface area contributed by atoms with Gasteiger partial charge in [0.25, 0.3) is 0 Å². The minimum absolute atomic E-state index is 0.0962. The minimum Gasteiger partial charge on any atom is -0.368 e. The van der Waals surface area contributed by atoms with E-state index in [0.29, 0.717) is 0 Å². The molecule has 0 heterocycles. The predicted molar refractivity (Wildman–Crippen MR) is 53.8 cm³/mol. The molecule has 0 aromatic carbocycles. The first-order valence-corrected chi connectivity index (χ1v) is 5.30. The molecule has 16 heavy (non-hydrogen) atoms. The third-order valence-electron chi connectivity index (χ3n) is 3.01. The van der Waals surface area contributed by atoms with E-state index in [1.54, 1.807) is 6.92 Å². The molecule has 1 fully saturated rings. The fourth-order valence-electron chi connectivity index (χ4n) is 1.83. The summed E-state index contributed by atoms with van der Waals surface area (Å²) in [5, 5.41) is 2.47. The zero-order valence-corrected chi connectivity index (χ0v) is 9.19. The van der Waals surface area contributed by atoms with Crippen LogP contribution in [-0.2, 0) is 9.59 Å². The van der Waals surface area contributed by atoms with E-state index < -0.39 is 30.2 Å². The van der Waals surface area contributed by atoms with Gasteiger partial charge in [-0.05, 0) is 12.8 Å². The molecule has 0 radical (unpaired) electrons. The van der Waals surface area contributed by atoms with Crippen LogP contribution in [-0.4, -0.2) is 23.3 Å². The van der Waals surface area contributed by atoms with E-state index in [-0.39, 0.29) is 25.2 Å². The molecule has 0 atom stereocenters. The predicted octanol–water partition coefficient (Wildman–Crippen LogP) is 0.946. The summed E-state index contributed by atoms with van der Waals surface area (Å²) in [6.07, 6.45) is -0.826. The van der Waals surface area contributed by atoms with Gasteiger partial charge in [-0.1, -0.05) is 6.92 Å². The maximum absolute atomic E-state index is 13.0. The Kier molecular flexibility index (Phi) is 3.50. The number of hydrogen-bond donors (Lipinski definition) is 2. The van der Waals surface area contributed by atoms with Crippen LogP contribution in [0.2, 0.25) is 0 Å². The molecule has 1 aliphatic carbocycles. The third-order valence-corrected chi connectivity index (χ3v) is 3.01. The molecule has 0 aromatic rings. The van der Waals surface area contributed by atoms with Crippen molar-refractivity contribution in [2.45, 2.75) is 50.5 Å². The SMILES string of the molecule is CCC(=O)NC1(C(N)=O)CCC(F)(F)CC1. The standard InChI is InChI=1S/C10H16F2N2O2/c1-2-7(15)14-9(8(13)16)3-5-10(11,12)6-4-9/h2-6H2,1H3,(H2,13,16)(H,14,15). The second-order valence-electron chi connectivity index (χ2n) is 4.20. The van der Waals surface area contributed by atoms with E-state index in [4.69, 9.17) is 5.73 Å². The van der Waals surface area contributed by atoms with Crippen LogP contribution >= 0.6 is 0 Å². The van der Waals surface area contributed by atoms with Crippen LogP contribution in [0.15, 0.2) is 0 Å². The number of rotatable bonds is 3. The lowest BCUT2D eigenvalue weighted by atomic mass is 9.79. The van der Waals surface area contributed by atoms with Crippen molar-refractivity contribution in [2.24, 2.45) is 5.73 Å². The van der Waals surface area contributed by atoms with Gasteiger partial charge >= 0.3 is 0 Å². The third kappa shape index (κ3) is 2.68. The van der Waals surface area contributed by atoms with Crippen LogP contribution in [0.1, 0.15) is 39.0 Å². The molecule has 6 heteroatoms. The summed E-state index contributed by atoms with van der Waals surface area (Å²) in [5.74, 6) is -3.83. The van der Waals surface area contributed by atoms with Crippen molar-refractivity contribution in [2.75, 3.05) is 0 Å². The van der Waals surface area contributed by atoms with Crippen LogP contribution < -0.4 is 11.1 Å². The van der Waals surface area contributed by atoms with Crippen molar-refractivity contribution in [3.05, 3.63) is 0 Å². The van der Waals surface area contributed by atoms with Crippen molar-refractivity contribution >= 4 is 11.8 Å². The Morgan fingerprint density at radius 1 is 1.25 bits per heavy atom. The number of alkyl halides is 2. The van der Waals surface area contributed by atoms with E-state index in [9.17, 15) is 18.4 Å². The maximum atomic E-state index is 13.0. The molecule has 0 aromatic heterocycles. The minimum atomic E-state index is -2.75. The number of amides is 2. The lowest BCUT2D eigenvalue weighted by Crippen LogP contribution is -2.60. The molecular formula is C10H16F2N2O2. The highest BCUT2D eigenvalue weighted by atomic mass is 19.3. The van der Waals surface area contributed by atoms with Crippen LogP contribution in [0, 0.1) is 0 Å². The van der Waals surface area contributed by atoms with Gasteiger partial charge in [0.05, 0.1) is 0 Å². The average Bonchev–Trinajstić information content (AvgIpc) is 2.21. The van der Waals surface area contributed by atoms with Gasteiger partial charge in [-0.15, -0.1) is 0 Å². The lowest BCUT2D eigenvalue weighted by Gasteiger charge is -2.38. The Labute approximate surface area is 92.6 Å². The number of carbonyl (C=O) groups is 2. The number of carbonyl (C=O) groups excluding carboxylic acids is 2. The zero-order chi connectivity index (χ0) is 12.4. The number of halogens is 2. The van der Waals surface area contributed by atoms with Crippen LogP contribution in [0.25, 0.3) is 0 Å². The molecule has 0 aliphatic heterocycles. The fraction of sp³-hybridized carbons (Fsp3) is 0.800. The van der Waals surface area contributed by atoms with Crippen molar-refractivity contribution in [1.82, 2.24) is 5.32 Å². The quantitative estimate of drug-likeness (QED) is 0.763. The highest BCUT2D eigenvalue weighted by Crippen LogP contribution is 2.38. The topological polar surface area (TPSA) is 72.2 Å². The summed E-state index contributed by atoms with van der Waals surface area (Å²) in [5.41, 5.74) is 3.91. The summed E-state index contributed by atoms with van der Waals surface area (Å²) in [4.78, 5) is 22.5. The summed E-state index contributed by atoms with van der Waals surface area (Å²) in [6.45, 7) is 1.63. The molecule has 0 spiro atoms. The first-order valence-electron chi connectivity index (χ1n) is 5.30. The van der Waals surface area contributed by atoms with Gasteiger partial charge < -0.3 is 11.1 Å². The van der Waals surface area contributed by atoms with Crippen molar-refractivity contribution < 1.29 is 18.4 Å². The number of nitrogens with two attached hydrogens (primary N) is 1. The summed E-state index contributed by atoms with van der Waals surface area (Å²) >= 11 is 0. The molecule has 4 nitrogen and oxygen atoms in total. The summed E-state index contributed by atoms with van der Waals surface area (Å²) in [7, 11) is 0. The first kappa shape index (κ1) is 12.9. The van der Waals surface area contributed by atoms with Gasteiger partial charge in [-0.3, -0.25) is 9.59 Å². The molecular weight excluding hydrogens is 218 g/mol. The Balaban J connectivity index is 2.77. The number of nitrogens with one attached hydrogen (secondary N) is 1. The van der Waals surface area contributed by atoms with E-state index in [0.717, 1.165) is 0 Å². The fourth-order valence-corrected chi connectivity index (χ4v) is 1.83. The van der Waals surface area contributed by atoms with E-state index in [1.807, 2.05) is 0 Å². The molecule has 1 aliphatic rings. The normalized spacial score (nSPS) is 22.4. The average molecular weight is 234 g/mol. The second-order valence-corrected chi connectivity index (χ2v) is 4.20. The van der Waals surface area contributed by atoms with Gasteiger partial charge in [0.15, 0.2) is 0 Å². The molecule has 3 N–H and O–H groups in total.